The van der Waals surface area contributed by atoms with Gasteiger partial charge in [0.25, 0.3) is 0 Å². The van der Waals surface area contributed by atoms with E-state index in [4.69, 9.17) is 9.73 Å². The van der Waals surface area contributed by atoms with Gasteiger partial charge in [-0.2, -0.15) is 0 Å². The lowest BCUT2D eigenvalue weighted by molar-refractivity contribution is -0.143. The van der Waals surface area contributed by atoms with Crippen LogP contribution in [0.3, 0.4) is 0 Å². The van der Waals surface area contributed by atoms with Gasteiger partial charge in [-0.3, -0.25) is 4.79 Å². The van der Waals surface area contributed by atoms with Crippen LogP contribution in [0.1, 0.15) is 97.9 Å². The number of carbonyl (C=O) groups excluding carboxylic acids is 1. The summed E-state index contributed by atoms with van der Waals surface area (Å²) in [5.41, 5.74) is 14.2. The largest absolute Gasteiger partial charge is 0.466 e. The molecule has 0 bridgehead atoms. The Morgan fingerprint density at radius 3 is 1.87 bits per heavy atom. The molecule has 1 N–H and O–H groups in total. The standard InChI is InChI=1S/C47H56N4O2/c1-8-53-42(52)13-11-9-10-12-30-50-44(38-24-16-34(5)17-25-38)41(31-48-32(2)3)46-47(50)49-43(37-22-14-33(4)15-23-37)45(39-26-18-35(6)19-27-39)51(46)40-28-20-36(7)21-29-40/h14-29,32,45,48H,8-13,30-31H2,1-7H3. The maximum atomic E-state index is 12.0. The topological polar surface area (TPSA) is 58.9 Å². The molecule has 5 aromatic rings. The van der Waals surface area contributed by atoms with E-state index >= 15 is 0 Å². The van der Waals surface area contributed by atoms with Gasteiger partial charge in [0.1, 0.15) is 6.04 Å². The highest BCUT2D eigenvalue weighted by Crippen LogP contribution is 2.52. The predicted octanol–water partition coefficient (Wildman–Crippen LogP) is 11.4. The molecule has 1 unspecified atom stereocenters. The molecule has 6 rings (SSSR count). The van der Waals surface area contributed by atoms with Gasteiger partial charge in [-0.05, 0) is 76.3 Å². The minimum atomic E-state index is -0.157. The lowest BCUT2D eigenvalue weighted by atomic mass is 9.91. The maximum absolute atomic E-state index is 12.0. The van der Waals surface area contributed by atoms with Crippen LogP contribution in [0.2, 0.25) is 0 Å². The molecule has 0 saturated carbocycles. The van der Waals surface area contributed by atoms with Crippen molar-refractivity contribution in [2.45, 2.75) is 106 Å². The Kier molecular flexibility index (Phi) is 12.3. The molecular weight excluding hydrogens is 653 g/mol. The summed E-state index contributed by atoms with van der Waals surface area (Å²) in [5, 5.41) is 3.81. The van der Waals surface area contributed by atoms with Crippen LogP contribution in [-0.2, 0) is 22.6 Å². The Hall–Kier alpha value is -4.94. The molecule has 1 aromatic heterocycles. The summed E-state index contributed by atoms with van der Waals surface area (Å²) < 4.78 is 7.67. The fraction of sp³-hybridized carbons (Fsp3) is 0.362. The lowest BCUT2D eigenvalue weighted by Crippen LogP contribution is -2.34. The highest BCUT2D eigenvalue weighted by Gasteiger charge is 2.39. The third kappa shape index (κ3) is 8.82. The van der Waals surface area contributed by atoms with Crippen LogP contribution in [0.25, 0.3) is 11.3 Å². The minimum absolute atomic E-state index is 0.103. The highest BCUT2D eigenvalue weighted by molar-refractivity contribution is 6.12. The number of esters is 1. The number of benzene rings is 4. The van der Waals surface area contributed by atoms with Crippen molar-refractivity contribution in [3.8, 4) is 11.3 Å². The molecule has 1 atom stereocenters. The summed E-state index contributed by atoms with van der Waals surface area (Å²) in [6, 6.07) is 35.9. The molecule has 1 aliphatic heterocycles. The average Bonchev–Trinajstić information content (AvgIpc) is 3.45. The van der Waals surface area contributed by atoms with Crippen LogP contribution in [0, 0.1) is 27.7 Å². The van der Waals surface area contributed by atoms with Crippen molar-refractivity contribution in [1.29, 1.82) is 0 Å². The number of hydrogen-bond donors (Lipinski definition) is 1. The summed E-state index contributed by atoms with van der Waals surface area (Å²) in [4.78, 5) is 20.4. The zero-order valence-corrected chi connectivity index (χ0v) is 32.7. The van der Waals surface area contributed by atoms with Gasteiger partial charge in [0.2, 0.25) is 0 Å². The van der Waals surface area contributed by atoms with Crippen molar-refractivity contribution < 1.29 is 9.53 Å². The first kappa shape index (κ1) is 37.8. The van der Waals surface area contributed by atoms with E-state index in [9.17, 15) is 4.79 Å². The Bertz CT molecular complexity index is 2000. The maximum Gasteiger partial charge on any atom is 0.305 e. The van der Waals surface area contributed by atoms with E-state index in [1.165, 1.54) is 44.6 Å². The molecule has 2 heterocycles. The molecule has 1 aliphatic rings. The molecule has 0 fully saturated rings. The minimum Gasteiger partial charge on any atom is -0.466 e. The third-order valence-electron chi connectivity index (χ3n) is 10.2. The first-order valence-electron chi connectivity index (χ1n) is 19.4. The van der Waals surface area contributed by atoms with E-state index in [1.54, 1.807) is 0 Å². The van der Waals surface area contributed by atoms with Crippen molar-refractivity contribution in [1.82, 2.24) is 9.88 Å². The van der Waals surface area contributed by atoms with Gasteiger partial charge in [0.15, 0.2) is 5.82 Å². The monoisotopic (exact) mass is 708 g/mol. The van der Waals surface area contributed by atoms with Gasteiger partial charge in [-0.1, -0.05) is 134 Å². The Labute approximate surface area is 316 Å². The second kappa shape index (κ2) is 17.3. The van der Waals surface area contributed by atoms with Crippen LogP contribution in [0.5, 0.6) is 0 Å². The number of aromatic nitrogens is 1. The smallest absolute Gasteiger partial charge is 0.305 e. The normalized spacial score (nSPS) is 14.0. The quantitative estimate of drug-likeness (QED) is 0.0869. The molecule has 0 radical (unpaired) electrons. The number of rotatable bonds is 15. The number of unbranched alkanes of at least 4 members (excludes halogenated alkanes) is 3. The molecule has 0 saturated heterocycles. The van der Waals surface area contributed by atoms with Gasteiger partial charge < -0.3 is 19.5 Å². The van der Waals surface area contributed by atoms with Crippen LogP contribution >= 0.6 is 0 Å². The molecule has 53 heavy (non-hydrogen) atoms. The SMILES string of the molecule is CCOC(=O)CCCCCCn1c2c(c(CNC(C)C)c1-c1ccc(C)cc1)N(c1ccc(C)cc1)C(c1ccc(C)cc1)C(c1ccc(C)cc1)=N2. The first-order valence-corrected chi connectivity index (χ1v) is 19.4. The number of fused-ring (bicyclic) bond motifs is 1. The van der Waals surface area contributed by atoms with E-state index in [2.05, 4.69) is 153 Å². The fourth-order valence-electron chi connectivity index (χ4n) is 7.28. The van der Waals surface area contributed by atoms with Crippen molar-refractivity contribution in [3.63, 3.8) is 0 Å². The number of aryl methyl sites for hydroxylation is 4. The summed E-state index contributed by atoms with van der Waals surface area (Å²) in [6.07, 6.45) is 4.28. The number of nitrogens with one attached hydrogen (secondary N) is 1. The first-order chi connectivity index (χ1) is 25.6. The predicted molar refractivity (Wildman–Crippen MR) is 221 cm³/mol. The van der Waals surface area contributed by atoms with Gasteiger partial charge in [-0.15, -0.1) is 0 Å². The summed E-state index contributed by atoms with van der Waals surface area (Å²) in [6.45, 7) is 16.8. The van der Waals surface area contributed by atoms with Gasteiger partial charge in [0, 0.05) is 36.8 Å². The van der Waals surface area contributed by atoms with Crippen molar-refractivity contribution in [2.75, 3.05) is 11.5 Å². The van der Waals surface area contributed by atoms with Crippen molar-refractivity contribution in [2.24, 2.45) is 4.99 Å². The average molecular weight is 709 g/mol. The van der Waals surface area contributed by atoms with E-state index < -0.39 is 0 Å². The van der Waals surface area contributed by atoms with Crippen LogP contribution in [0.4, 0.5) is 17.2 Å². The van der Waals surface area contributed by atoms with E-state index in [1.807, 2.05) is 6.92 Å². The highest BCUT2D eigenvalue weighted by atomic mass is 16.5. The Balaban J connectivity index is 1.59. The molecule has 0 aliphatic carbocycles. The molecule has 4 aromatic carbocycles. The van der Waals surface area contributed by atoms with Crippen LogP contribution < -0.4 is 10.2 Å². The number of ether oxygens (including phenoxy) is 1. The zero-order chi connectivity index (χ0) is 37.5. The van der Waals surface area contributed by atoms with Crippen molar-refractivity contribution in [3.05, 3.63) is 136 Å². The van der Waals surface area contributed by atoms with E-state index in [0.717, 1.165) is 60.7 Å². The number of anilines is 2. The Morgan fingerprint density at radius 1 is 0.736 bits per heavy atom. The summed E-state index contributed by atoms with van der Waals surface area (Å²) in [7, 11) is 0. The summed E-state index contributed by atoms with van der Waals surface area (Å²) >= 11 is 0. The molecular formula is C47H56N4O2. The molecule has 0 amide bonds. The van der Waals surface area contributed by atoms with Gasteiger partial charge >= 0.3 is 5.97 Å². The van der Waals surface area contributed by atoms with Gasteiger partial charge in [-0.25, -0.2) is 4.99 Å². The van der Waals surface area contributed by atoms with Crippen molar-refractivity contribution >= 4 is 28.9 Å². The van der Waals surface area contributed by atoms with Crippen LogP contribution in [-0.4, -0.2) is 28.9 Å². The number of nitrogens with zero attached hydrogens (tertiary/aromatic N) is 3. The lowest BCUT2D eigenvalue weighted by Gasteiger charge is -2.39. The molecule has 276 valence electrons. The second-order valence-corrected chi connectivity index (χ2v) is 14.9. The molecule has 6 heteroatoms. The van der Waals surface area contributed by atoms with Crippen LogP contribution in [0.15, 0.2) is 102 Å². The summed E-state index contributed by atoms with van der Waals surface area (Å²) in [5.74, 6) is 0.889. The fourth-order valence-corrected chi connectivity index (χ4v) is 7.28. The third-order valence-corrected chi connectivity index (χ3v) is 10.2. The van der Waals surface area contributed by atoms with Gasteiger partial charge in [0.05, 0.1) is 23.7 Å². The second-order valence-electron chi connectivity index (χ2n) is 14.9. The zero-order valence-electron chi connectivity index (χ0n) is 32.7. The number of carbonyl (C=O) groups is 1. The molecule has 0 spiro atoms. The van der Waals surface area contributed by atoms with E-state index in [-0.39, 0.29) is 12.0 Å². The molecule has 6 nitrogen and oxygen atoms in total. The number of aliphatic imine (C=N–C) groups is 1. The Morgan fingerprint density at radius 2 is 1.28 bits per heavy atom. The number of hydrogen-bond acceptors (Lipinski definition) is 5. The van der Waals surface area contributed by atoms with E-state index in [0.29, 0.717) is 25.6 Å².